The summed E-state index contributed by atoms with van der Waals surface area (Å²) in [5, 5.41) is 0. The highest BCUT2D eigenvalue weighted by Gasteiger charge is 2.45. The van der Waals surface area contributed by atoms with Crippen molar-refractivity contribution in [1.82, 2.24) is 9.80 Å². The molecule has 6 heteroatoms. The third-order valence-corrected chi connectivity index (χ3v) is 6.68. The summed E-state index contributed by atoms with van der Waals surface area (Å²) in [6.45, 7) is 3.48. The summed E-state index contributed by atoms with van der Waals surface area (Å²) in [6.07, 6.45) is 5.37. The summed E-state index contributed by atoms with van der Waals surface area (Å²) in [5.41, 5.74) is 1.18. The molecule has 2 bridgehead atoms. The Morgan fingerprint density at radius 2 is 1.64 bits per heavy atom. The van der Waals surface area contributed by atoms with Crippen LogP contribution < -0.4 is 0 Å². The second-order valence-electron chi connectivity index (χ2n) is 8.31. The molecular weight excluding hydrogens is 359 g/mol. The Kier molecular flexibility index (Phi) is 5.56. The lowest BCUT2D eigenvalue weighted by molar-refractivity contribution is -0.149. The van der Waals surface area contributed by atoms with E-state index in [0.29, 0.717) is 38.5 Å². The first kappa shape index (κ1) is 19.2. The monoisotopic (exact) mass is 388 g/mol. The number of ether oxygens (including phenoxy) is 1. The predicted octanol–water partition coefficient (Wildman–Crippen LogP) is 3.93. The van der Waals surface area contributed by atoms with Crippen molar-refractivity contribution < 1.29 is 18.7 Å². The van der Waals surface area contributed by atoms with Gasteiger partial charge in [0.15, 0.2) is 0 Å². The van der Waals surface area contributed by atoms with Gasteiger partial charge in [-0.25, -0.2) is 9.18 Å². The van der Waals surface area contributed by atoms with Crippen LogP contribution in [0.25, 0.3) is 0 Å². The Bertz CT molecular complexity index is 701. The molecule has 3 fully saturated rings. The van der Waals surface area contributed by atoms with Crippen molar-refractivity contribution in [2.45, 2.75) is 63.5 Å². The first-order valence-corrected chi connectivity index (χ1v) is 10.6. The average molecular weight is 388 g/mol. The lowest BCUT2D eigenvalue weighted by atomic mass is 9.85. The van der Waals surface area contributed by atoms with Crippen molar-refractivity contribution in [2.24, 2.45) is 5.92 Å². The van der Waals surface area contributed by atoms with E-state index < -0.39 is 0 Å². The smallest absolute Gasteiger partial charge is 0.320 e. The summed E-state index contributed by atoms with van der Waals surface area (Å²) in [4.78, 5) is 29.1. The highest BCUT2D eigenvalue weighted by Crippen LogP contribution is 2.43. The average Bonchev–Trinajstić information content (AvgIpc) is 2.97. The number of carbonyl (C=O) groups excluding carboxylic acids is 2. The lowest BCUT2D eigenvalue weighted by Crippen LogP contribution is -2.53. The molecule has 1 aromatic carbocycles. The van der Waals surface area contributed by atoms with Crippen LogP contribution in [0.4, 0.5) is 9.18 Å². The van der Waals surface area contributed by atoms with Gasteiger partial charge in [-0.15, -0.1) is 0 Å². The summed E-state index contributed by atoms with van der Waals surface area (Å²) < 4.78 is 18.3. The van der Waals surface area contributed by atoms with Gasteiger partial charge in [-0.3, -0.25) is 4.79 Å². The molecule has 28 heavy (non-hydrogen) atoms. The number of fused-ring (bicyclic) bond motifs is 2. The second kappa shape index (κ2) is 8.10. The first-order chi connectivity index (χ1) is 13.6. The Morgan fingerprint density at radius 3 is 2.21 bits per heavy atom. The molecule has 0 spiro atoms. The molecule has 0 aliphatic carbocycles. The van der Waals surface area contributed by atoms with Crippen LogP contribution in [0.3, 0.4) is 0 Å². The lowest BCUT2D eigenvalue weighted by Gasteiger charge is -2.43. The molecule has 5 nitrogen and oxygen atoms in total. The highest BCUT2D eigenvalue weighted by molar-refractivity contribution is 5.77. The third-order valence-electron chi connectivity index (χ3n) is 6.68. The van der Waals surface area contributed by atoms with E-state index in [1.807, 2.05) is 24.0 Å². The third kappa shape index (κ3) is 3.74. The number of benzene rings is 1. The number of halogens is 1. The van der Waals surface area contributed by atoms with E-state index in [1.165, 1.54) is 17.7 Å². The fourth-order valence-corrected chi connectivity index (χ4v) is 5.23. The van der Waals surface area contributed by atoms with E-state index in [9.17, 15) is 14.0 Å². The zero-order valence-corrected chi connectivity index (χ0v) is 16.5. The molecule has 0 unspecified atom stereocenters. The maximum Gasteiger partial charge on any atom is 0.320 e. The van der Waals surface area contributed by atoms with E-state index >= 15 is 0 Å². The molecule has 4 rings (SSSR count). The van der Waals surface area contributed by atoms with Gasteiger partial charge < -0.3 is 14.5 Å². The first-order valence-electron chi connectivity index (χ1n) is 10.6. The predicted molar refractivity (Wildman–Crippen MR) is 103 cm³/mol. The zero-order valence-electron chi connectivity index (χ0n) is 16.5. The molecule has 0 aromatic heterocycles. The fraction of sp³-hybridized carbons (Fsp3) is 0.636. The molecular formula is C22H29FN2O3. The van der Waals surface area contributed by atoms with Crippen LogP contribution in [0.15, 0.2) is 24.3 Å². The van der Waals surface area contributed by atoms with Crippen molar-refractivity contribution in [3.8, 4) is 0 Å². The molecule has 3 aliphatic heterocycles. The molecule has 3 aliphatic rings. The molecule has 0 saturated carbocycles. The fourth-order valence-electron chi connectivity index (χ4n) is 5.23. The SMILES string of the molecule is CCOC(=O)C1CCN(C(=O)N2[C@@H]3CC[C@H]2C[C@@H](c2ccc(F)cc2)C3)CC1. The van der Waals surface area contributed by atoms with Gasteiger partial charge in [0.2, 0.25) is 0 Å². The van der Waals surface area contributed by atoms with Crippen molar-refractivity contribution in [1.29, 1.82) is 0 Å². The van der Waals surface area contributed by atoms with E-state index in [1.54, 1.807) is 0 Å². The number of carbonyl (C=O) groups is 2. The van der Waals surface area contributed by atoms with Crippen molar-refractivity contribution in [3.05, 3.63) is 35.6 Å². The maximum atomic E-state index is 13.2. The number of hydrogen-bond donors (Lipinski definition) is 0. The van der Waals surface area contributed by atoms with Gasteiger partial charge in [-0.05, 0) is 69.1 Å². The number of rotatable bonds is 3. The standard InChI is InChI=1S/C22H29FN2O3/c1-2-28-21(26)16-9-11-24(12-10-16)22(27)25-19-7-8-20(25)14-17(13-19)15-3-5-18(23)6-4-15/h3-6,16-17,19-20H,2,7-14H2,1H3/t17-,19+,20-. The number of piperidine rings is 2. The molecule has 3 saturated heterocycles. The second-order valence-corrected chi connectivity index (χ2v) is 8.31. The van der Waals surface area contributed by atoms with Crippen LogP contribution in [0.5, 0.6) is 0 Å². The van der Waals surface area contributed by atoms with Crippen LogP contribution in [-0.4, -0.2) is 53.6 Å². The van der Waals surface area contributed by atoms with Gasteiger partial charge in [0.25, 0.3) is 0 Å². The van der Waals surface area contributed by atoms with Gasteiger partial charge in [-0.2, -0.15) is 0 Å². The van der Waals surface area contributed by atoms with Crippen LogP contribution in [0.2, 0.25) is 0 Å². The minimum atomic E-state index is -0.203. The summed E-state index contributed by atoms with van der Waals surface area (Å²) in [5.74, 6) is -0.0121. The molecule has 0 N–H and O–H groups in total. The number of amides is 2. The van der Waals surface area contributed by atoms with E-state index in [-0.39, 0.29) is 35.8 Å². The molecule has 0 radical (unpaired) electrons. The van der Waals surface area contributed by atoms with Gasteiger partial charge in [0, 0.05) is 25.2 Å². The number of likely N-dealkylation sites (tertiary alicyclic amines) is 1. The minimum absolute atomic E-state index is 0.0788. The van der Waals surface area contributed by atoms with Crippen molar-refractivity contribution >= 4 is 12.0 Å². The van der Waals surface area contributed by atoms with Crippen LogP contribution in [0.1, 0.15) is 56.9 Å². The Labute approximate surface area is 165 Å². The molecule has 152 valence electrons. The van der Waals surface area contributed by atoms with Gasteiger partial charge in [-0.1, -0.05) is 12.1 Å². The summed E-state index contributed by atoms with van der Waals surface area (Å²) in [7, 11) is 0. The number of hydrogen-bond acceptors (Lipinski definition) is 3. The topological polar surface area (TPSA) is 49.9 Å². The Hall–Kier alpha value is -2.11. The van der Waals surface area contributed by atoms with Gasteiger partial charge in [0.1, 0.15) is 5.82 Å². The van der Waals surface area contributed by atoms with Crippen LogP contribution in [-0.2, 0) is 9.53 Å². The van der Waals surface area contributed by atoms with Gasteiger partial charge in [0.05, 0.1) is 12.5 Å². The largest absolute Gasteiger partial charge is 0.466 e. The molecule has 2 amide bonds. The Morgan fingerprint density at radius 1 is 1.04 bits per heavy atom. The van der Waals surface area contributed by atoms with Crippen molar-refractivity contribution in [3.63, 3.8) is 0 Å². The minimum Gasteiger partial charge on any atom is -0.466 e. The zero-order chi connectivity index (χ0) is 19.7. The van der Waals surface area contributed by atoms with Crippen LogP contribution >= 0.6 is 0 Å². The summed E-state index contributed by atoms with van der Waals surface area (Å²) in [6, 6.07) is 7.50. The molecule has 3 atom stereocenters. The Balaban J connectivity index is 1.36. The van der Waals surface area contributed by atoms with Crippen molar-refractivity contribution in [2.75, 3.05) is 19.7 Å². The van der Waals surface area contributed by atoms with E-state index in [2.05, 4.69) is 4.90 Å². The van der Waals surface area contributed by atoms with Gasteiger partial charge >= 0.3 is 12.0 Å². The van der Waals surface area contributed by atoms with Crippen LogP contribution in [0, 0.1) is 11.7 Å². The maximum absolute atomic E-state index is 13.2. The molecule has 3 heterocycles. The number of nitrogens with zero attached hydrogens (tertiary/aromatic N) is 2. The number of urea groups is 1. The normalized spacial score (nSPS) is 27.7. The molecule has 1 aromatic rings. The van der Waals surface area contributed by atoms with E-state index in [4.69, 9.17) is 4.74 Å². The summed E-state index contributed by atoms with van der Waals surface area (Å²) >= 11 is 0. The highest BCUT2D eigenvalue weighted by atomic mass is 19.1. The van der Waals surface area contributed by atoms with E-state index in [0.717, 1.165) is 25.7 Å². The number of esters is 1. The quantitative estimate of drug-likeness (QED) is 0.737.